The Bertz CT molecular complexity index is 1000. The molecule has 1 aromatic carbocycles. The zero-order valence-corrected chi connectivity index (χ0v) is 20.6. The maximum atomic E-state index is 13.1. The highest BCUT2D eigenvalue weighted by atomic mass is 16.4. The first-order valence-electron chi connectivity index (χ1n) is 11.7. The number of hydrogen-bond donors (Lipinski definition) is 9. The number of primary amides is 1. The number of benzene rings is 1. The number of hydrogen-bond acceptors (Lipinski definition) is 9. The second-order valence-corrected chi connectivity index (χ2v) is 8.55. The molecule has 1 rings (SSSR count). The van der Waals surface area contributed by atoms with Gasteiger partial charge in [0.1, 0.15) is 23.9 Å². The molecule has 0 bridgehead atoms. The molecule has 4 amide bonds. The Kier molecular flexibility index (Phi) is 13.2. The van der Waals surface area contributed by atoms with Crippen LogP contribution in [0.4, 0.5) is 0 Å². The Hall–Kier alpha value is -4.24. The summed E-state index contributed by atoms with van der Waals surface area (Å²) in [5.74, 6) is -6.98. The predicted molar refractivity (Wildman–Crippen MR) is 132 cm³/mol. The Labute approximate surface area is 218 Å². The van der Waals surface area contributed by atoms with Crippen LogP contribution in [0.2, 0.25) is 0 Å². The molecular weight excluding hydrogens is 504 g/mol. The van der Waals surface area contributed by atoms with E-state index in [2.05, 4.69) is 10.6 Å². The fourth-order valence-electron chi connectivity index (χ4n) is 3.33. The molecule has 0 spiro atoms. The van der Waals surface area contributed by atoms with Crippen LogP contribution in [0, 0.1) is 0 Å². The van der Waals surface area contributed by atoms with Gasteiger partial charge in [-0.2, -0.15) is 0 Å². The number of carboxylic acid groups (broad SMARTS) is 2. The van der Waals surface area contributed by atoms with E-state index in [4.69, 9.17) is 17.2 Å². The van der Waals surface area contributed by atoms with Crippen molar-refractivity contribution in [3.05, 3.63) is 29.8 Å². The molecule has 0 aromatic heterocycles. The van der Waals surface area contributed by atoms with Crippen LogP contribution >= 0.6 is 0 Å². The summed E-state index contributed by atoms with van der Waals surface area (Å²) in [7, 11) is 0. The Balaban J connectivity index is 3.12. The van der Waals surface area contributed by atoms with E-state index < -0.39 is 72.6 Å². The van der Waals surface area contributed by atoms with E-state index in [0.717, 1.165) is 0 Å². The van der Waals surface area contributed by atoms with E-state index in [1.807, 2.05) is 5.32 Å². The number of nitrogens with one attached hydrogen (secondary N) is 3. The van der Waals surface area contributed by atoms with E-state index in [9.17, 15) is 44.1 Å². The molecule has 0 fully saturated rings. The SMILES string of the molecule is NCCCCC(N)C(=O)NC(Cc1ccc(O)cc1)C(=O)NC(CC(=O)O)C(=O)NC(CC(N)=O)C(=O)O. The molecule has 0 saturated carbocycles. The standard InChI is InChI=1S/C23H34N6O9/c24-8-2-1-3-14(25)20(34)27-15(9-12-4-6-13(30)7-5-12)21(35)28-16(11-19(32)33)22(36)29-17(23(37)38)10-18(26)31/h4-7,14-17,30H,1-3,8-11,24-25H2,(H2,26,31)(H,27,34)(H,28,35)(H,29,36)(H,32,33)(H,37,38). The topological polar surface area (TPSA) is 277 Å². The van der Waals surface area contributed by atoms with Crippen molar-refractivity contribution in [3.63, 3.8) is 0 Å². The maximum Gasteiger partial charge on any atom is 0.326 e. The average molecular weight is 539 g/mol. The largest absolute Gasteiger partial charge is 0.508 e. The van der Waals surface area contributed by atoms with Gasteiger partial charge >= 0.3 is 11.9 Å². The summed E-state index contributed by atoms with van der Waals surface area (Å²) in [6.07, 6.45) is -0.324. The van der Waals surface area contributed by atoms with Crippen molar-refractivity contribution in [2.75, 3.05) is 6.54 Å². The smallest absolute Gasteiger partial charge is 0.326 e. The van der Waals surface area contributed by atoms with Crippen LogP contribution < -0.4 is 33.2 Å². The van der Waals surface area contributed by atoms with Crippen molar-refractivity contribution < 1.29 is 44.1 Å². The van der Waals surface area contributed by atoms with Crippen LogP contribution in [-0.4, -0.2) is 81.6 Å². The highest BCUT2D eigenvalue weighted by Crippen LogP contribution is 2.12. The minimum absolute atomic E-state index is 0.0390. The average Bonchev–Trinajstić information content (AvgIpc) is 2.83. The summed E-state index contributed by atoms with van der Waals surface area (Å²) in [4.78, 5) is 72.2. The van der Waals surface area contributed by atoms with Gasteiger partial charge in [-0.25, -0.2) is 4.79 Å². The van der Waals surface area contributed by atoms with Gasteiger partial charge in [-0.3, -0.25) is 24.0 Å². The lowest BCUT2D eigenvalue weighted by atomic mass is 10.0. The van der Waals surface area contributed by atoms with Gasteiger partial charge in [0.25, 0.3) is 0 Å². The molecule has 12 N–H and O–H groups in total. The fraction of sp³-hybridized carbons (Fsp3) is 0.478. The maximum absolute atomic E-state index is 13.1. The predicted octanol–water partition coefficient (Wildman–Crippen LogP) is -2.72. The van der Waals surface area contributed by atoms with Crippen molar-refractivity contribution in [2.24, 2.45) is 17.2 Å². The van der Waals surface area contributed by atoms with Crippen molar-refractivity contribution in [1.29, 1.82) is 0 Å². The number of amides is 4. The molecule has 38 heavy (non-hydrogen) atoms. The minimum Gasteiger partial charge on any atom is -0.508 e. The van der Waals surface area contributed by atoms with Crippen molar-refractivity contribution in [1.82, 2.24) is 16.0 Å². The Morgan fingerprint density at radius 1 is 0.789 bits per heavy atom. The summed E-state index contributed by atoms with van der Waals surface area (Å²) >= 11 is 0. The van der Waals surface area contributed by atoms with Crippen LogP contribution in [0.1, 0.15) is 37.7 Å². The number of phenolic OH excluding ortho intramolecular Hbond substituents is 1. The summed E-state index contributed by atoms with van der Waals surface area (Å²) in [5, 5.41) is 34.6. The molecule has 210 valence electrons. The van der Waals surface area contributed by atoms with Crippen LogP contribution in [0.25, 0.3) is 0 Å². The van der Waals surface area contributed by atoms with E-state index >= 15 is 0 Å². The summed E-state index contributed by atoms with van der Waals surface area (Å²) in [6, 6.07) is -0.110. The number of phenols is 1. The lowest BCUT2D eigenvalue weighted by molar-refractivity contribution is -0.144. The monoisotopic (exact) mass is 538 g/mol. The molecule has 4 atom stereocenters. The minimum atomic E-state index is -1.76. The first kappa shape index (κ1) is 31.8. The third-order valence-electron chi connectivity index (χ3n) is 5.35. The molecule has 0 saturated heterocycles. The molecule has 0 heterocycles. The molecule has 4 unspecified atom stereocenters. The third kappa shape index (κ3) is 11.7. The van der Waals surface area contributed by atoms with Gasteiger partial charge in [0, 0.05) is 6.42 Å². The molecule has 0 radical (unpaired) electrons. The number of aliphatic carboxylic acids is 2. The molecule has 15 nitrogen and oxygen atoms in total. The normalized spacial score (nSPS) is 13.8. The van der Waals surface area contributed by atoms with Crippen LogP contribution in [-0.2, 0) is 35.2 Å². The van der Waals surface area contributed by atoms with E-state index in [1.54, 1.807) is 0 Å². The van der Waals surface area contributed by atoms with Gasteiger partial charge in [0.05, 0.1) is 18.9 Å². The fourth-order valence-corrected chi connectivity index (χ4v) is 3.33. The van der Waals surface area contributed by atoms with Gasteiger partial charge in [0.2, 0.25) is 23.6 Å². The molecule has 1 aromatic rings. The van der Waals surface area contributed by atoms with Gasteiger partial charge in [0.15, 0.2) is 0 Å². The highest BCUT2D eigenvalue weighted by molar-refractivity contribution is 5.96. The third-order valence-corrected chi connectivity index (χ3v) is 5.35. The number of nitrogens with two attached hydrogens (primary N) is 3. The van der Waals surface area contributed by atoms with Gasteiger partial charge in [-0.05, 0) is 37.1 Å². The summed E-state index contributed by atoms with van der Waals surface area (Å²) in [6.45, 7) is 0.412. The molecular formula is C23H34N6O9. The second kappa shape index (κ2) is 15.8. The van der Waals surface area contributed by atoms with Gasteiger partial charge in [-0.1, -0.05) is 18.6 Å². The lowest BCUT2D eigenvalue weighted by Crippen LogP contribution is -2.58. The summed E-state index contributed by atoms with van der Waals surface area (Å²) < 4.78 is 0. The van der Waals surface area contributed by atoms with E-state index in [0.29, 0.717) is 24.9 Å². The Morgan fingerprint density at radius 2 is 1.34 bits per heavy atom. The van der Waals surface area contributed by atoms with Crippen LogP contribution in [0.3, 0.4) is 0 Å². The zero-order valence-electron chi connectivity index (χ0n) is 20.6. The molecule has 15 heteroatoms. The zero-order chi connectivity index (χ0) is 28.8. The number of carboxylic acids is 2. The van der Waals surface area contributed by atoms with Gasteiger partial charge < -0.3 is 48.5 Å². The van der Waals surface area contributed by atoms with Crippen molar-refractivity contribution in [2.45, 2.75) is 62.7 Å². The number of carbonyl (C=O) groups excluding carboxylic acids is 4. The van der Waals surface area contributed by atoms with E-state index in [-0.39, 0.29) is 18.6 Å². The number of carbonyl (C=O) groups is 6. The van der Waals surface area contributed by atoms with Crippen LogP contribution in [0.15, 0.2) is 24.3 Å². The van der Waals surface area contributed by atoms with Crippen LogP contribution in [0.5, 0.6) is 5.75 Å². The number of rotatable bonds is 17. The highest BCUT2D eigenvalue weighted by Gasteiger charge is 2.32. The molecule has 0 aliphatic heterocycles. The quantitative estimate of drug-likeness (QED) is 0.0918. The van der Waals surface area contributed by atoms with Crippen molar-refractivity contribution in [3.8, 4) is 5.75 Å². The first-order valence-corrected chi connectivity index (χ1v) is 11.7. The first-order chi connectivity index (χ1) is 17.8. The summed E-state index contributed by atoms with van der Waals surface area (Å²) in [5.41, 5.74) is 16.8. The number of unbranched alkanes of at least 4 members (excludes halogenated alkanes) is 1. The molecule has 0 aliphatic carbocycles. The van der Waals surface area contributed by atoms with E-state index in [1.165, 1.54) is 24.3 Å². The lowest BCUT2D eigenvalue weighted by Gasteiger charge is -2.24. The number of aromatic hydroxyl groups is 1. The second-order valence-electron chi connectivity index (χ2n) is 8.55. The Morgan fingerprint density at radius 3 is 1.87 bits per heavy atom. The van der Waals surface area contributed by atoms with Gasteiger partial charge in [-0.15, -0.1) is 0 Å². The molecule has 0 aliphatic rings. The van der Waals surface area contributed by atoms with Crippen molar-refractivity contribution >= 4 is 35.6 Å².